The van der Waals surface area contributed by atoms with E-state index in [1.165, 1.54) is 18.4 Å². The number of benzene rings is 3. The van der Waals surface area contributed by atoms with E-state index in [4.69, 9.17) is 17.0 Å². The van der Waals surface area contributed by atoms with Crippen LogP contribution in [0.4, 0.5) is 5.69 Å². The first-order chi connectivity index (χ1) is 17.6. The van der Waals surface area contributed by atoms with Gasteiger partial charge in [-0.25, -0.2) is 0 Å². The first-order valence-electron chi connectivity index (χ1n) is 12.4. The predicted molar refractivity (Wildman–Crippen MR) is 147 cm³/mol. The monoisotopic (exact) mass is 501 g/mol. The molecular formula is C29H31N3O3S. The molecule has 3 aromatic carbocycles. The van der Waals surface area contributed by atoms with Crippen LogP contribution in [0.3, 0.4) is 0 Å². The van der Waals surface area contributed by atoms with Crippen LogP contribution in [0.15, 0.2) is 78.9 Å². The fourth-order valence-electron chi connectivity index (χ4n) is 4.18. The summed E-state index contributed by atoms with van der Waals surface area (Å²) in [5.41, 5.74) is 2.90. The van der Waals surface area contributed by atoms with Gasteiger partial charge in [-0.3, -0.25) is 14.9 Å². The number of carbonyl (C=O) groups is 2. The molecule has 2 N–H and O–H groups in total. The zero-order valence-electron chi connectivity index (χ0n) is 20.2. The van der Waals surface area contributed by atoms with Gasteiger partial charge in [-0.05, 0) is 67.0 Å². The first-order valence-corrected chi connectivity index (χ1v) is 12.8. The van der Waals surface area contributed by atoms with E-state index in [1.54, 1.807) is 24.3 Å². The van der Waals surface area contributed by atoms with Crippen LogP contribution in [0.1, 0.15) is 52.0 Å². The Bertz CT molecular complexity index is 1190. The quantitative estimate of drug-likeness (QED) is 0.421. The average molecular weight is 502 g/mol. The summed E-state index contributed by atoms with van der Waals surface area (Å²) in [4.78, 5) is 27.6. The molecule has 1 aliphatic heterocycles. The summed E-state index contributed by atoms with van der Waals surface area (Å²) in [7, 11) is 0. The number of nitrogens with zero attached hydrogens (tertiary/aromatic N) is 1. The van der Waals surface area contributed by atoms with Crippen molar-refractivity contribution >= 4 is 34.8 Å². The summed E-state index contributed by atoms with van der Waals surface area (Å²) in [6.07, 6.45) is 5.20. The van der Waals surface area contributed by atoms with Gasteiger partial charge in [0.25, 0.3) is 11.8 Å². The highest BCUT2D eigenvalue weighted by molar-refractivity contribution is 7.80. The molecule has 1 heterocycles. The van der Waals surface area contributed by atoms with Gasteiger partial charge in [-0.15, -0.1) is 0 Å². The first kappa shape index (κ1) is 25.4. The van der Waals surface area contributed by atoms with Crippen molar-refractivity contribution in [1.82, 2.24) is 10.2 Å². The van der Waals surface area contributed by atoms with Gasteiger partial charge in [0.05, 0.1) is 6.61 Å². The predicted octanol–water partition coefficient (Wildman–Crippen LogP) is 5.45. The molecule has 0 spiro atoms. The lowest BCUT2D eigenvalue weighted by Gasteiger charge is -2.20. The number of hydrogen-bond acceptors (Lipinski definition) is 4. The summed E-state index contributed by atoms with van der Waals surface area (Å²) in [6.45, 7) is 2.10. The molecule has 1 aliphatic rings. The number of likely N-dealkylation sites (tertiary alicyclic amines) is 1. The van der Waals surface area contributed by atoms with E-state index >= 15 is 0 Å². The molecule has 1 fully saturated rings. The van der Waals surface area contributed by atoms with Crippen LogP contribution >= 0.6 is 12.2 Å². The Kier molecular flexibility index (Phi) is 9.05. The summed E-state index contributed by atoms with van der Waals surface area (Å²) in [5, 5.41) is 5.88. The molecular weight excluding hydrogens is 470 g/mol. The highest BCUT2D eigenvalue weighted by atomic mass is 32.1. The summed E-state index contributed by atoms with van der Waals surface area (Å²) >= 11 is 5.35. The van der Waals surface area contributed by atoms with E-state index in [9.17, 15) is 9.59 Å². The number of amides is 2. The van der Waals surface area contributed by atoms with Crippen molar-refractivity contribution < 1.29 is 14.3 Å². The summed E-state index contributed by atoms with van der Waals surface area (Å²) < 4.78 is 5.83. The minimum atomic E-state index is -0.335. The van der Waals surface area contributed by atoms with Crippen LogP contribution in [0.2, 0.25) is 0 Å². The molecule has 3 aromatic rings. The number of rotatable bonds is 7. The van der Waals surface area contributed by atoms with Gasteiger partial charge in [0.2, 0.25) is 0 Å². The number of ether oxygens (including phenoxy) is 1. The molecule has 0 aromatic heterocycles. The number of anilines is 1. The van der Waals surface area contributed by atoms with E-state index in [0.29, 0.717) is 29.2 Å². The average Bonchev–Trinajstić information content (AvgIpc) is 3.19. The zero-order valence-corrected chi connectivity index (χ0v) is 21.1. The minimum absolute atomic E-state index is 0.0274. The van der Waals surface area contributed by atoms with Gasteiger partial charge in [0, 0.05) is 36.3 Å². The van der Waals surface area contributed by atoms with Crippen LogP contribution in [0, 0.1) is 0 Å². The van der Waals surface area contributed by atoms with E-state index in [1.807, 2.05) is 47.4 Å². The Morgan fingerprint density at radius 1 is 0.833 bits per heavy atom. The lowest BCUT2D eigenvalue weighted by molar-refractivity contribution is 0.0761. The highest BCUT2D eigenvalue weighted by Gasteiger charge is 2.18. The molecule has 0 radical (unpaired) electrons. The lowest BCUT2D eigenvalue weighted by atomic mass is 10.1. The Morgan fingerprint density at radius 2 is 1.56 bits per heavy atom. The van der Waals surface area contributed by atoms with Crippen LogP contribution in [0.5, 0.6) is 5.75 Å². The molecule has 0 unspecified atom stereocenters. The third-order valence-corrected chi connectivity index (χ3v) is 6.29. The van der Waals surface area contributed by atoms with Gasteiger partial charge < -0.3 is 15.0 Å². The Hall–Kier alpha value is -3.71. The van der Waals surface area contributed by atoms with E-state index in [0.717, 1.165) is 32.4 Å². The van der Waals surface area contributed by atoms with Gasteiger partial charge in [0.1, 0.15) is 5.75 Å². The molecule has 186 valence electrons. The third kappa shape index (κ3) is 7.39. The normalized spacial score (nSPS) is 13.4. The van der Waals surface area contributed by atoms with Crippen molar-refractivity contribution in [2.24, 2.45) is 0 Å². The molecule has 36 heavy (non-hydrogen) atoms. The summed E-state index contributed by atoms with van der Waals surface area (Å²) in [5.74, 6) is 0.314. The standard InChI is InChI=1S/C29H31N3O3S/c33-27(23-12-9-15-26(21-23)35-19-16-22-10-4-3-5-11-22)31-29(36)30-25-14-8-13-24(20-25)28(34)32-17-6-1-2-7-18-32/h3-5,8-15,20-21H,1-2,6-7,16-19H2,(H2,30,31,33,36). The van der Waals surface area contributed by atoms with Gasteiger partial charge >= 0.3 is 0 Å². The summed E-state index contributed by atoms with van der Waals surface area (Å²) in [6, 6.07) is 24.3. The van der Waals surface area contributed by atoms with E-state index < -0.39 is 0 Å². The number of hydrogen-bond donors (Lipinski definition) is 2. The molecule has 6 nitrogen and oxygen atoms in total. The number of nitrogens with one attached hydrogen (secondary N) is 2. The Balaban J connectivity index is 1.30. The maximum atomic E-state index is 12.9. The minimum Gasteiger partial charge on any atom is -0.493 e. The molecule has 0 aliphatic carbocycles. The Morgan fingerprint density at radius 3 is 2.33 bits per heavy atom. The van der Waals surface area contributed by atoms with Crippen molar-refractivity contribution in [2.45, 2.75) is 32.1 Å². The molecule has 0 saturated carbocycles. The largest absolute Gasteiger partial charge is 0.493 e. The van der Waals surface area contributed by atoms with Crippen molar-refractivity contribution in [3.05, 3.63) is 95.6 Å². The van der Waals surface area contributed by atoms with Crippen molar-refractivity contribution in [3.63, 3.8) is 0 Å². The van der Waals surface area contributed by atoms with Gasteiger partial charge in [-0.2, -0.15) is 0 Å². The van der Waals surface area contributed by atoms with Gasteiger partial charge in [-0.1, -0.05) is 55.3 Å². The second-order valence-corrected chi connectivity index (χ2v) is 9.22. The van der Waals surface area contributed by atoms with Crippen LogP contribution in [-0.2, 0) is 6.42 Å². The van der Waals surface area contributed by atoms with E-state index in [2.05, 4.69) is 22.8 Å². The third-order valence-electron chi connectivity index (χ3n) is 6.09. The molecule has 1 saturated heterocycles. The number of thiocarbonyl (C=S) groups is 1. The number of carbonyl (C=O) groups excluding carboxylic acids is 2. The van der Waals surface area contributed by atoms with Crippen molar-refractivity contribution in [1.29, 1.82) is 0 Å². The topological polar surface area (TPSA) is 70.7 Å². The fraction of sp³-hybridized carbons (Fsp3) is 0.276. The lowest BCUT2D eigenvalue weighted by Crippen LogP contribution is -2.34. The fourth-order valence-corrected chi connectivity index (χ4v) is 4.39. The highest BCUT2D eigenvalue weighted by Crippen LogP contribution is 2.17. The molecule has 0 bridgehead atoms. The van der Waals surface area contributed by atoms with Crippen LogP contribution in [0.25, 0.3) is 0 Å². The second-order valence-electron chi connectivity index (χ2n) is 8.81. The SMILES string of the molecule is O=C(NC(=S)Nc1cccc(C(=O)N2CCCCCC2)c1)c1cccc(OCCc2ccccc2)c1. The maximum Gasteiger partial charge on any atom is 0.257 e. The van der Waals surface area contributed by atoms with Crippen LogP contribution in [-0.4, -0.2) is 41.5 Å². The van der Waals surface area contributed by atoms with Gasteiger partial charge in [0.15, 0.2) is 5.11 Å². The smallest absolute Gasteiger partial charge is 0.257 e. The molecule has 2 amide bonds. The molecule has 0 atom stereocenters. The van der Waals surface area contributed by atoms with Crippen molar-refractivity contribution in [3.8, 4) is 5.75 Å². The molecule has 4 rings (SSSR count). The van der Waals surface area contributed by atoms with E-state index in [-0.39, 0.29) is 16.9 Å². The second kappa shape index (κ2) is 12.8. The Labute approximate surface area is 217 Å². The van der Waals surface area contributed by atoms with Crippen molar-refractivity contribution in [2.75, 3.05) is 25.0 Å². The zero-order chi connectivity index (χ0) is 25.2. The molecule has 7 heteroatoms. The van der Waals surface area contributed by atoms with Crippen LogP contribution < -0.4 is 15.4 Å². The maximum absolute atomic E-state index is 12.9.